The first-order chi connectivity index (χ1) is 14.3. The van der Waals surface area contributed by atoms with Crippen molar-refractivity contribution in [3.05, 3.63) is 47.0 Å². The highest BCUT2D eigenvalue weighted by Crippen LogP contribution is 2.38. The molecule has 0 fully saturated rings. The van der Waals surface area contributed by atoms with Crippen LogP contribution < -0.4 is 14.4 Å². The summed E-state index contributed by atoms with van der Waals surface area (Å²) in [6.45, 7) is 5.01. The molecule has 30 heavy (non-hydrogen) atoms. The zero-order valence-corrected chi connectivity index (χ0v) is 19.0. The van der Waals surface area contributed by atoms with Crippen LogP contribution in [-0.2, 0) is 4.79 Å². The predicted octanol–water partition coefficient (Wildman–Crippen LogP) is 4.38. The second-order valence-corrected chi connectivity index (χ2v) is 9.02. The highest BCUT2D eigenvalue weighted by atomic mass is 35.5. The predicted molar refractivity (Wildman–Crippen MR) is 121 cm³/mol. The van der Waals surface area contributed by atoms with Gasteiger partial charge in [0.2, 0.25) is 6.10 Å². The van der Waals surface area contributed by atoms with Crippen LogP contribution in [0.3, 0.4) is 0 Å². The molecule has 0 aliphatic carbocycles. The Hall–Kier alpha value is -2.35. The van der Waals surface area contributed by atoms with E-state index in [0.29, 0.717) is 34.7 Å². The maximum absolute atomic E-state index is 13.6. The second kappa shape index (κ2) is 8.41. The molecule has 8 heteroatoms. The first-order valence-electron chi connectivity index (χ1n) is 9.79. The molecule has 0 saturated carbocycles. The van der Waals surface area contributed by atoms with Gasteiger partial charge in [-0.15, -0.1) is 0 Å². The number of carbonyl (C=O) groups excluding carboxylic acids is 1. The minimum Gasteiger partial charge on any atom is -0.482 e. The van der Waals surface area contributed by atoms with Crippen LogP contribution in [0.5, 0.6) is 11.5 Å². The highest BCUT2D eigenvalue weighted by Gasteiger charge is 2.38. The molecule has 0 bridgehead atoms. The van der Waals surface area contributed by atoms with Crippen LogP contribution in [0, 0.1) is 6.92 Å². The zero-order chi connectivity index (χ0) is 21.4. The first kappa shape index (κ1) is 20.9. The smallest absolute Gasteiger partial charge is 0.273 e. The SMILES string of the molecule is Cc1ccc(Cl)c2sc(N(CCN(C)C)C(=O)C3Oc4ccccc4OC3C)nc12. The van der Waals surface area contributed by atoms with Crippen LogP contribution in [0.25, 0.3) is 10.2 Å². The van der Waals surface area contributed by atoms with E-state index in [2.05, 4.69) is 0 Å². The molecule has 1 aromatic heterocycles. The van der Waals surface area contributed by atoms with Gasteiger partial charge in [0.05, 0.1) is 15.2 Å². The zero-order valence-electron chi connectivity index (χ0n) is 17.4. The summed E-state index contributed by atoms with van der Waals surface area (Å²) in [4.78, 5) is 22.1. The summed E-state index contributed by atoms with van der Waals surface area (Å²) in [5, 5.41) is 1.25. The number of thiazole rings is 1. The van der Waals surface area contributed by atoms with E-state index in [1.54, 1.807) is 4.90 Å². The topological polar surface area (TPSA) is 54.9 Å². The van der Waals surface area contributed by atoms with E-state index in [1.807, 2.05) is 69.2 Å². The van der Waals surface area contributed by atoms with Crippen molar-refractivity contribution >= 4 is 44.2 Å². The number of ether oxygens (including phenoxy) is 2. The molecule has 0 saturated heterocycles. The molecule has 158 valence electrons. The van der Waals surface area contributed by atoms with Crippen LogP contribution in [0.4, 0.5) is 5.13 Å². The van der Waals surface area contributed by atoms with Crippen molar-refractivity contribution in [2.24, 2.45) is 0 Å². The Kier molecular flexibility index (Phi) is 5.86. The van der Waals surface area contributed by atoms with Crippen LogP contribution in [0.15, 0.2) is 36.4 Å². The lowest BCUT2D eigenvalue weighted by atomic mass is 10.1. The van der Waals surface area contributed by atoms with Crippen molar-refractivity contribution in [2.45, 2.75) is 26.1 Å². The van der Waals surface area contributed by atoms with Crippen molar-refractivity contribution in [1.82, 2.24) is 9.88 Å². The summed E-state index contributed by atoms with van der Waals surface area (Å²) in [5.74, 6) is 1.05. The number of carbonyl (C=O) groups is 1. The van der Waals surface area contributed by atoms with Gasteiger partial charge in [-0.25, -0.2) is 4.98 Å². The average molecular weight is 446 g/mol. The van der Waals surface area contributed by atoms with Gasteiger partial charge in [0.25, 0.3) is 5.91 Å². The number of hydrogen-bond donors (Lipinski definition) is 0. The molecule has 0 radical (unpaired) electrons. The Morgan fingerprint density at radius 1 is 1.13 bits per heavy atom. The Balaban J connectivity index is 1.70. The molecule has 3 aromatic rings. The van der Waals surface area contributed by atoms with E-state index in [-0.39, 0.29) is 5.91 Å². The lowest BCUT2D eigenvalue weighted by Gasteiger charge is -2.34. The number of hydrogen-bond acceptors (Lipinski definition) is 6. The number of rotatable bonds is 5. The van der Waals surface area contributed by atoms with Crippen LogP contribution in [0.2, 0.25) is 5.02 Å². The highest BCUT2D eigenvalue weighted by molar-refractivity contribution is 7.23. The monoisotopic (exact) mass is 445 g/mol. The summed E-state index contributed by atoms with van der Waals surface area (Å²) < 4.78 is 12.9. The Morgan fingerprint density at radius 3 is 2.50 bits per heavy atom. The number of halogens is 1. The molecule has 0 N–H and O–H groups in total. The number of nitrogens with zero attached hydrogens (tertiary/aromatic N) is 3. The Bertz CT molecular complexity index is 1050. The number of amides is 1. The third-order valence-corrected chi connectivity index (χ3v) is 6.58. The third kappa shape index (κ3) is 3.97. The summed E-state index contributed by atoms with van der Waals surface area (Å²) >= 11 is 7.82. The Labute approximate surface area is 185 Å². The van der Waals surface area contributed by atoms with Crippen molar-refractivity contribution < 1.29 is 14.3 Å². The second-order valence-electron chi connectivity index (χ2n) is 7.64. The number of likely N-dealkylation sites (N-methyl/N-ethyl adjacent to an activating group) is 1. The number of benzene rings is 2. The van der Waals surface area contributed by atoms with Gasteiger partial charge in [-0.2, -0.15) is 0 Å². The first-order valence-corrected chi connectivity index (χ1v) is 11.0. The number of aromatic nitrogens is 1. The summed E-state index contributed by atoms with van der Waals surface area (Å²) in [6.07, 6.45) is -1.18. The van der Waals surface area contributed by atoms with Crippen LogP contribution in [-0.4, -0.2) is 55.2 Å². The molecule has 1 aliphatic heterocycles. The molecule has 4 rings (SSSR count). The minimum absolute atomic E-state index is 0.174. The van der Waals surface area contributed by atoms with E-state index < -0.39 is 12.2 Å². The number of aryl methyl sites for hydroxylation is 1. The van der Waals surface area contributed by atoms with E-state index in [9.17, 15) is 4.79 Å². The fourth-order valence-corrected chi connectivity index (χ4v) is 4.70. The minimum atomic E-state index is -0.759. The molecule has 1 amide bonds. The fraction of sp³-hybridized carbons (Fsp3) is 0.364. The summed E-state index contributed by atoms with van der Waals surface area (Å²) in [6, 6.07) is 11.2. The average Bonchev–Trinajstić information content (AvgIpc) is 3.16. The fourth-order valence-electron chi connectivity index (χ4n) is 3.35. The van der Waals surface area contributed by atoms with Crippen LogP contribution in [0.1, 0.15) is 12.5 Å². The van der Waals surface area contributed by atoms with Crippen molar-refractivity contribution in [2.75, 3.05) is 32.1 Å². The van der Waals surface area contributed by atoms with E-state index in [1.165, 1.54) is 11.3 Å². The Morgan fingerprint density at radius 2 is 1.83 bits per heavy atom. The van der Waals surface area contributed by atoms with Crippen molar-refractivity contribution in [3.63, 3.8) is 0 Å². The van der Waals surface area contributed by atoms with E-state index in [4.69, 9.17) is 26.1 Å². The summed E-state index contributed by atoms with van der Waals surface area (Å²) in [7, 11) is 3.95. The maximum Gasteiger partial charge on any atom is 0.273 e. The number of fused-ring (bicyclic) bond motifs is 2. The van der Waals surface area contributed by atoms with Gasteiger partial charge in [0.15, 0.2) is 16.6 Å². The van der Waals surface area contributed by atoms with Gasteiger partial charge in [0.1, 0.15) is 6.10 Å². The van der Waals surface area contributed by atoms with Crippen molar-refractivity contribution in [3.8, 4) is 11.5 Å². The molecule has 2 heterocycles. The molecule has 6 nitrogen and oxygen atoms in total. The quantitative estimate of drug-likeness (QED) is 0.583. The third-order valence-electron chi connectivity index (χ3n) is 5.04. The van der Waals surface area contributed by atoms with Crippen molar-refractivity contribution in [1.29, 1.82) is 0 Å². The lowest BCUT2D eigenvalue weighted by Crippen LogP contribution is -2.52. The molecule has 1 aliphatic rings. The van der Waals surface area contributed by atoms with E-state index >= 15 is 0 Å². The van der Waals surface area contributed by atoms with E-state index in [0.717, 1.165) is 15.8 Å². The molecule has 2 aromatic carbocycles. The standard InChI is InChI=1S/C22H24ClN3O3S/c1-13-9-10-15(23)20-18(13)24-22(30-20)26(12-11-25(3)4)21(27)19-14(2)28-16-7-5-6-8-17(16)29-19/h5-10,14,19H,11-12H2,1-4H3. The van der Waals surface area contributed by atoms with Gasteiger partial charge < -0.3 is 14.4 Å². The number of anilines is 1. The summed E-state index contributed by atoms with van der Waals surface area (Å²) in [5.41, 5.74) is 1.85. The van der Waals surface area contributed by atoms with Gasteiger partial charge in [-0.3, -0.25) is 9.69 Å². The van der Waals surface area contributed by atoms with Crippen LogP contribution >= 0.6 is 22.9 Å². The molecular weight excluding hydrogens is 422 g/mol. The van der Waals surface area contributed by atoms with Gasteiger partial charge in [-0.05, 0) is 51.7 Å². The van der Waals surface area contributed by atoms with Gasteiger partial charge in [0, 0.05) is 13.1 Å². The van der Waals surface area contributed by atoms with Gasteiger partial charge in [-0.1, -0.05) is 41.1 Å². The molecule has 2 unspecified atom stereocenters. The van der Waals surface area contributed by atoms with Gasteiger partial charge >= 0.3 is 0 Å². The normalized spacial score (nSPS) is 18.1. The molecule has 2 atom stereocenters. The number of para-hydroxylation sites is 2. The molecular formula is C22H24ClN3O3S. The largest absolute Gasteiger partial charge is 0.482 e. The maximum atomic E-state index is 13.6. The molecule has 0 spiro atoms. The lowest BCUT2D eigenvalue weighted by molar-refractivity contribution is -0.130.